The van der Waals surface area contributed by atoms with Crippen LogP contribution in [0.2, 0.25) is 0 Å². The maximum atomic E-state index is 10.8. The predicted octanol–water partition coefficient (Wildman–Crippen LogP) is 2.78. The van der Waals surface area contributed by atoms with E-state index < -0.39 is 5.60 Å². The van der Waals surface area contributed by atoms with E-state index in [0.717, 1.165) is 43.8 Å². The first-order chi connectivity index (χ1) is 9.18. The molecule has 0 saturated carbocycles. The predicted molar refractivity (Wildman–Crippen MR) is 77.5 cm³/mol. The Balaban J connectivity index is 2.00. The molecule has 0 unspecified atom stereocenters. The second-order valence-electron chi connectivity index (χ2n) is 5.33. The first-order valence-corrected chi connectivity index (χ1v) is 7.36. The fourth-order valence-corrected chi connectivity index (χ4v) is 2.78. The average molecular weight is 263 g/mol. The van der Waals surface area contributed by atoms with Gasteiger partial charge in [-0.1, -0.05) is 19.1 Å². The lowest BCUT2D eigenvalue weighted by molar-refractivity contribution is -0.0258. The van der Waals surface area contributed by atoms with Crippen molar-refractivity contribution in [1.82, 2.24) is 4.90 Å². The van der Waals surface area contributed by atoms with Gasteiger partial charge in [0, 0.05) is 13.1 Å². The number of hydrogen-bond acceptors (Lipinski definition) is 3. The molecule has 0 radical (unpaired) electrons. The van der Waals surface area contributed by atoms with E-state index in [9.17, 15) is 5.11 Å². The molecule has 3 nitrogen and oxygen atoms in total. The zero-order valence-corrected chi connectivity index (χ0v) is 12.1. The summed E-state index contributed by atoms with van der Waals surface area (Å²) in [7, 11) is 0. The molecule has 0 aliphatic carbocycles. The molecule has 0 bridgehead atoms. The van der Waals surface area contributed by atoms with Crippen molar-refractivity contribution in [3.8, 4) is 5.75 Å². The Morgan fingerprint density at radius 2 is 1.79 bits per heavy atom. The summed E-state index contributed by atoms with van der Waals surface area (Å²) in [5.41, 5.74) is 0.363. The monoisotopic (exact) mass is 263 g/mol. The zero-order valence-electron chi connectivity index (χ0n) is 12.1. The van der Waals surface area contributed by atoms with Crippen LogP contribution >= 0.6 is 0 Å². The van der Waals surface area contributed by atoms with Crippen molar-refractivity contribution in [2.45, 2.75) is 38.7 Å². The van der Waals surface area contributed by atoms with Gasteiger partial charge in [-0.15, -0.1) is 0 Å². The zero-order chi connectivity index (χ0) is 13.7. The van der Waals surface area contributed by atoms with Crippen molar-refractivity contribution in [3.05, 3.63) is 29.8 Å². The smallest absolute Gasteiger partial charge is 0.119 e. The standard InChI is InChI=1S/C16H25NO2/c1-3-11-17-12-9-16(18,10-13-17)14-5-7-15(8-6-14)19-4-2/h5-8,18H,3-4,9-13H2,1-2H3. The van der Waals surface area contributed by atoms with E-state index in [-0.39, 0.29) is 0 Å². The number of nitrogens with zero attached hydrogens (tertiary/aromatic N) is 1. The lowest BCUT2D eigenvalue weighted by Gasteiger charge is -2.38. The molecule has 0 amide bonds. The molecule has 0 atom stereocenters. The number of hydrogen-bond donors (Lipinski definition) is 1. The summed E-state index contributed by atoms with van der Waals surface area (Å²) in [5.74, 6) is 0.873. The minimum Gasteiger partial charge on any atom is -0.494 e. The maximum absolute atomic E-state index is 10.8. The first-order valence-electron chi connectivity index (χ1n) is 7.36. The van der Waals surface area contributed by atoms with Crippen LogP contribution in [0.4, 0.5) is 0 Å². The number of benzene rings is 1. The quantitative estimate of drug-likeness (QED) is 0.886. The topological polar surface area (TPSA) is 32.7 Å². The highest BCUT2D eigenvalue weighted by Gasteiger charge is 2.33. The lowest BCUT2D eigenvalue weighted by Crippen LogP contribution is -2.42. The van der Waals surface area contributed by atoms with Gasteiger partial charge in [-0.3, -0.25) is 0 Å². The van der Waals surface area contributed by atoms with E-state index in [1.54, 1.807) is 0 Å². The van der Waals surface area contributed by atoms with Crippen LogP contribution in [0.5, 0.6) is 5.75 Å². The fourth-order valence-electron chi connectivity index (χ4n) is 2.78. The van der Waals surface area contributed by atoms with Crippen LogP contribution in [0, 0.1) is 0 Å². The molecule has 1 N–H and O–H groups in total. The van der Waals surface area contributed by atoms with Crippen LogP contribution in [0.1, 0.15) is 38.7 Å². The molecule has 19 heavy (non-hydrogen) atoms. The first kappa shape index (κ1) is 14.4. The Labute approximate surface area is 116 Å². The van der Waals surface area contributed by atoms with E-state index in [0.29, 0.717) is 6.61 Å². The highest BCUT2D eigenvalue weighted by Crippen LogP contribution is 2.33. The molecule has 1 aromatic carbocycles. The largest absolute Gasteiger partial charge is 0.494 e. The van der Waals surface area contributed by atoms with Gasteiger partial charge in [-0.2, -0.15) is 0 Å². The van der Waals surface area contributed by atoms with E-state index in [1.807, 2.05) is 31.2 Å². The molecule has 1 heterocycles. The molecule has 1 saturated heterocycles. The van der Waals surface area contributed by atoms with Crippen molar-refractivity contribution in [2.75, 3.05) is 26.2 Å². The van der Waals surface area contributed by atoms with Crippen LogP contribution < -0.4 is 4.74 Å². The molecule has 1 aliphatic rings. The van der Waals surface area contributed by atoms with E-state index in [1.165, 1.54) is 6.42 Å². The average Bonchev–Trinajstić information content (AvgIpc) is 2.43. The molecule has 1 fully saturated rings. The number of ether oxygens (including phenoxy) is 1. The molecule has 106 valence electrons. The van der Waals surface area contributed by atoms with Gasteiger partial charge in [0.1, 0.15) is 5.75 Å². The molecule has 2 rings (SSSR count). The van der Waals surface area contributed by atoms with Crippen LogP contribution in [0.3, 0.4) is 0 Å². The maximum Gasteiger partial charge on any atom is 0.119 e. The molecule has 3 heteroatoms. The van der Waals surface area contributed by atoms with Gasteiger partial charge in [0.2, 0.25) is 0 Å². The van der Waals surface area contributed by atoms with Crippen molar-refractivity contribution in [2.24, 2.45) is 0 Å². The minimum atomic E-state index is -0.658. The van der Waals surface area contributed by atoms with Crippen LogP contribution in [-0.2, 0) is 5.60 Å². The Bertz CT molecular complexity index is 380. The summed E-state index contributed by atoms with van der Waals surface area (Å²) in [5, 5.41) is 10.8. The Morgan fingerprint density at radius 3 is 2.32 bits per heavy atom. The third-order valence-corrected chi connectivity index (χ3v) is 3.93. The minimum absolute atomic E-state index is 0.658. The summed E-state index contributed by atoms with van der Waals surface area (Å²) >= 11 is 0. The Kier molecular flexibility index (Phi) is 4.83. The number of aliphatic hydroxyl groups is 1. The van der Waals surface area contributed by atoms with Crippen molar-refractivity contribution >= 4 is 0 Å². The third-order valence-electron chi connectivity index (χ3n) is 3.93. The van der Waals surface area contributed by atoms with Gasteiger partial charge in [0.15, 0.2) is 0 Å². The number of rotatable bonds is 5. The molecule has 0 spiro atoms. The lowest BCUT2D eigenvalue weighted by atomic mass is 9.84. The van der Waals surface area contributed by atoms with Crippen molar-refractivity contribution < 1.29 is 9.84 Å². The normalized spacial score (nSPS) is 19.3. The highest BCUT2D eigenvalue weighted by atomic mass is 16.5. The second kappa shape index (κ2) is 6.40. The highest BCUT2D eigenvalue weighted by molar-refractivity contribution is 5.31. The van der Waals surface area contributed by atoms with Gasteiger partial charge in [-0.05, 0) is 50.4 Å². The number of likely N-dealkylation sites (tertiary alicyclic amines) is 1. The van der Waals surface area contributed by atoms with Gasteiger partial charge in [0.25, 0.3) is 0 Å². The Hall–Kier alpha value is -1.06. The van der Waals surface area contributed by atoms with Crippen molar-refractivity contribution in [3.63, 3.8) is 0 Å². The summed E-state index contributed by atoms with van der Waals surface area (Å²) < 4.78 is 5.44. The molecule has 1 aliphatic heterocycles. The Morgan fingerprint density at radius 1 is 1.16 bits per heavy atom. The van der Waals surface area contributed by atoms with Crippen LogP contribution in [0.25, 0.3) is 0 Å². The van der Waals surface area contributed by atoms with Crippen LogP contribution in [-0.4, -0.2) is 36.2 Å². The summed E-state index contributed by atoms with van der Waals surface area (Å²) in [6.45, 7) is 7.96. The molecule has 1 aromatic rings. The van der Waals surface area contributed by atoms with E-state index in [4.69, 9.17) is 4.74 Å². The van der Waals surface area contributed by atoms with E-state index in [2.05, 4.69) is 11.8 Å². The SMILES string of the molecule is CCCN1CCC(O)(c2ccc(OCC)cc2)CC1. The summed E-state index contributed by atoms with van der Waals surface area (Å²) in [6, 6.07) is 7.91. The molecular formula is C16H25NO2. The summed E-state index contributed by atoms with van der Waals surface area (Å²) in [6.07, 6.45) is 2.82. The van der Waals surface area contributed by atoms with E-state index >= 15 is 0 Å². The van der Waals surface area contributed by atoms with Gasteiger partial charge in [0.05, 0.1) is 12.2 Å². The second-order valence-corrected chi connectivity index (χ2v) is 5.33. The third kappa shape index (κ3) is 3.48. The van der Waals surface area contributed by atoms with Crippen molar-refractivity contribution in [1.29, 1.82) is 0 Å². The van der Waals surface area contributed by atoms with Gasteiger partial charge >= 0.3 is 0 Å². The molecular weight excluding hydrogens is 238 g/mol. The molecule has 0 aromatic heterocycles. The summed E-state index contributed by atoms with van der Waals surface area (Å²) in [4.78, 5) is 2.43. The van der Waals surface area contributed by atoms with Gasteiger partial charge in [-0.25, -0.2) is 0 Å². The van der Waals surface area contributed by atoms with Crippen LogP contribution in [0.15, 0.2) is 24.3 Å². The van der Waals surface area contributed by atoms with Gasteiger partial charge < -0.3 is 14.7 Å². The number of piperidine rings is 1. The fraction of sp³-hybridized carbons (Fsp3) is 0.625.